The molecular formula is C27H35NO2. The van der Waals surface area contributed by atoms with Gasteiger partial charge in [0.15, 0.2) is 0 Å². The summed E-state index contributed by atoms with van der Waals surface area (Å²) in [6.45, 7) is 15.7. The van der Waals surface area contributed by atoms with Gasteiger partial charge in [-0.1, -0.05) is 71.4 Å². The van der Waals surface area contributed by atoms with Gasteiger partial charge < -0.3 is 9.30 Å². The summed E-state index contributed by atoms with van der Waals surface area (Å²) in [4.78, 5) is 12.9. The minimum Gasteiger partial charge on any atom is -0.487 e. The molecule has 0 N–H and O–H groups in total. The van der Waals surface area contributed by atoms with Crippen molar-refractivity contribution < 1.29 is 4.74 Å². The van der Waals surface area contributed by atoms with Gasteiger partial charge in [-0.05, 0) is 54.5 Å². The molecule has 3 nitrogen and oxygen atoms in total. The molecular weight excluding hydrogens is 370 g/mol. The lowest BCUT2D eigenvalue weighted by atomic mass is 9.59. The van der Waals surface area contributed by atoms with Crippen molar-refractivity contribution in [3.8, 4) is 16.9 Å². The lowest BCUT2D eigenvalue weighted by molar-refractivity contribution is -0.0844. The van der Waals surface area contributed by atoms with Crippen LogP contribution < -0.4 is 10.3 Å². The molecule has 0 atom stereocenters. The molecule has 1 aromatic heterocycles. The number of rotatable bonds is 6. The fourth-order valence-corrected chi connectivity index (χ4v) is 4.01. The predicted octanol–water partition coefficient (Wildman–Crippen LogP) is 6.83. The first-order chi connectivity index (χ1) is 13.9. The number of aryl methyl sites for hydroxylation is 1. The van der Waals surface area contributed by atoms with Crippen LogP contribution in [0.2, 0.25) is 0 Å². The molecule has 0 bridgehead atoms. The molecule has 0 saturated carbocycles. The predicted molar refractivity (Wildman–Crippen MR) is 127 cm³/mol. The number of aromatic nitrogens is 1. The van der Waals surface area contributed by atoms with Gasteiger partial charge >= 0.3 is 0 Å². The Hall–Kier alpha value is -2.55. The molecule has 0 amide bonds. The standard InChI is InChI=1S/C27H35NO2/c1-9-25(2,3)26(4,5)27(6,7)30-21-16-14-19(15-17-21)22-18-20-12-10-11-13-23(20)28(8)24(22)29/h10-18H,9H2,1-8H3. The van der Waals surface area contributed by atoms with Gasteiger partial charge in [0.05, 0.1) is 5.52 Å². The summed E-state index contributed by atoms with van der Waals surface area (Å²) in [5.41, 5.74) is 2.29. The van der Waals surface area contributed by atoms with Crippen molar-refractivity contribution in [2.24, 2.45) is 17.9 Å². The third kappa shape index (κ3) is 3.66. The van der Waals surface area contributed by atoms with Gasteiger partial charge in [0, 0.05) is 18.0 Å². The Morgan fingerprint density at radius 3 is 2.10 bits per heavy atom. The van der Waals surface area contributed by atoms with Gasteiger partial charge in [-0.3, -0.25) is 4.79 Å². The minimum absolute atomic E-state index is 0.00790. The quantitative estimate of drug-likeness (QED) is 0.450. The minimum atomic E-state index is -0.354. The lowest BCUT2D eigenvalue weighted by Crippen LogP contribution is -2.52. The van der Waals surface area contributed by atoms with Gasteiger partial charge in [-0.25, -0.2) is 0 Å². The van der Waals surface area contributed by atoms with E-state index in [1.807, 2.05) is 61.6 Å². The second kappa shape index (κ2) is 7.61. The number of ether oxygens (including phenoxy) is 1. The zero-order valence-corrected chi connectivity index (χ0v) is 19.7. The number of hydrogen-bond donors (Lipinski definition) is 0. The maximum Gasteiger partial charge on any atom is 0.258 e. The van der Waals surface area contributed by atoms with E-state index < -0.39 is 0 Å². The van der Waals surface area contributed by atoms with Crippen LogP contribution in [-0.2, 0) is 7.05 Å². The van der Waals surface area contributed by atoms with Gasteiger partial charge in [-0.2, -0.15) is 0 Å². The molecule has 3 aromatic rings. The monoisotopic (exact) mass is 405 g/mol. The Labute approximate surface area is 180 Å². The lowest BCUT2D eigenvalue weighted by Gasteiger charge is -2.51. The number of para-hydroxylation sites is 1. The first kappa shape index (κ1) is 22.1. The second-order valence-corrected chi connectivity index (χ2v) is 9.98. The van der Waals surface area contributed by atoms with E-state index in [4.69, 9.17) is 4.74 Å². The van der Waals surface area contributed by atoms with Crippen LogP contribution in [0.25, 0.3) is 22.0 Å². The van der Waals surface area contributed by atoms with Crippen LogP contribution in [0.15, 0.2) is 59.4 Å². The summed E-state index contributed by atoms with van der Waals surface area (Å²) in [5, 5.41) is 1.06. The van der Waals surface area contributed by atoms with Gasteiger partial charge in [-0.15, -0.1) is 0 Å². The van der Waals surface area contributed by atoms with Crippen molar-refractivity contribution >= 4 is 10.9 Å². The molecule has 3 heteroatoms. The molecule has 0 fully saturated rings. The zero-order valence-electron chi connectivity index (χ0n) is 19.7. The number of benzene rings is 2. The number of hydrogen-bond acceptors (Lipinski definition) is 2. The van der Waals surface area contributed by atoms with Crippen LogP contribution in [0.5, 0.6) is 5.75 Å². The number of nitrogens with zero attached hydrogens (tertiary/aromatic N) is 1. The Morgan fingerprint density at radius 1 is 0.900 bits per heavy atom. The van der Waals surface area contributed by atoms with Crippen LogP contribution in [0.3, 0.4) is 0 Å². The molecule has 0 aliphatic carbocycles. The van der Waals surface area contributed by atoms with Crippen molar-refractivity contribution in [3.63, 3.8) is 0 Å². The molecule has 0 radical (unpaired) electrons. The largest absolute Gasteiger partial charge is 0.487 e. The Morgan fingerprint density at radius 2 is 1.50 bits per heavy atom. The van der Waals surface area contributed by atoms with Crippen molar-refractivity contribution in [1.82, 2.24) is 4.57 Å². The van der Waals surface area contributed by atoms with Crippen molar-refractivity contribution in [1.29, 1.82) is 0 Å². The SMILES string of the molecule is CCC(C)(C)C(C)(C)C(C)(C)Oc1ccc(-c2cc3ccccc3n(C)c2=O)cc1. The highest BCUT2D eigenvalue weighted by Crippen LogP contribution is 2.50. The van der Waals surface area contributed by atoms with E-state index in [2.05, 4.69) is 48.5 Å². The summed E-state index contributed by atoms with van der Waals surface area (Å²) in [6, 6.07) is 17.8. The molecule has 0 aliphatic rings. The maximum atomic E-state index is 12.9. The third-order valence-electron chi connectivity index (χ3n) is 7.75. The number of pyridine rings is 1. The van der Waals surface area contributed by atoms with E-state index in [9.17, 15) is 4.79 Å². The van der Waals surface area contributed by atoms with E-state index in [1.54, 1.807) is 4.57 Å². The molecule has 1 heterocycles. The van der Waals surface area contributed by atoms with Crippen LogP contribution in [0, 0.1) is 10.8 Å². The van der Waals surface area contributed by atoms with Crippen molar-refractivity contribution in [3.05, 3.63) is 65.0 Å². The van der Waals surface area contributed by atoms with Crippen LogP contribution in [0.1, 0.15) is 54.9 Å². The molecule has 0 aliphatic heterocycles. The molecule has 30 heavy (non-hydrogen) atoms. The van der Waals surface area contributed by atoms with Crippen molar-refractivity contribution in [2.45, 2.75) is 60.5 Å². The maximum absolute atomic E-state index is 12.9. The summed E-state index contributed by atoms with van der Waals surface area (Å²) in [5.74, 6) is 0.821. The van der Waals surface area contributed by atoms with E-state index >= 15 is 0 Å². The van der Waals surface area contributed by atoms with Crippen molar-refractivity contribution in [2.75, 3.05) is 0 Å². The topological polar surface area (TPSA) is 31.2 Å². The average molecular weight is 406 g/mol. The third-order valence-corrected chi connectivity index (χ3v) is 7.75. The van der Waals surface area contributed by atoms with Crippen LogP contribution >= 0.6 is 0 Å². The second-order valence-electron chi connectivity index (χ2n) is 9.98. The molecule has 0 spiro atoms. The fraction of sp³-hybridized carbons (Fsp3) is 0.444. The Bertz CT molecular complexity index is 1100. The highest BCUT2D eigenvalue weighted by atomic mass is 16.5. The average Bonchev–Trinajstić information content (AvgIpc) is 2.71. The van der Waals surface area contributed by atoms with E-state index in [1.165, 1.54) is 0 Å². The fourth-order valence-electron chi connectivity index (χ4n) is 4.01. The Kier molecular flexibility index (Phi) is 5.62. The summed E-state index contributed by atoms with van der Waals surface area (Å²) in [6.07, 6.45) is 1.08. The Balaban J connectivity index is 1.94. The number of fused-ring (bicyclic) bond motifs is 1. The summed E-state index contributed by atoms with van der Waals surface area (Å²) >= 11 is 0. The van der Waals surface area contributed by atoms with E-state index in [0.29, 0.717) is 5.56 Å². The smallest absolute Gasteiger partial charge is 0.258 e. The molecule has 2 aromatic carbocycles. The highest BCUT2D eigenvalue weighted by Gasteiger charge is 2.48. The highest BCUT2D eigenvalue weighted by molar-refractivity contribution is 5.84. The first-order valence-corrected chi connectivity index (χ1v) is 10.8. The van der Waals surface area contributed by atoms with Crippen LogP contribution in [0.4, 0.5) is 0 Å². The molecule has 160 valence electrons. The van der Waals surface area contributed by atoms with Gasteiger partial charge in [0.2, 0.25) is 0 Å². The molecule has 0 saturated heterocycles. The molecule has 0 unspecified atom stereocenters. The summed E-state index contributed by atoms with van der Waals surface area (Å²) in [7, 11) is 1.83. The first-order valence-electron chi connectivity index (χ1n) is 10.8. The van der Waals surface area contributed by atoms with Gasteiger partial charge in [0.1, 0.15) is 11.4 Å². The molecule has 3 rings (SSSR count). The zero-order chi connectivity index (χ0) is 22.3. The summed E-state index contributed by atoms with van der Waals surface area (Å²) < 4.78 is 8.20. The van der Waals surface area contributed by atoms with E-state index in [-0.39, 0.29) is 22.0 Å². The van der Waals surface area contributed by atoms with E-state index in [0.717, 1.165) is 28.6 Å². The normalized spacial score (nSPS) is 12.9. The van der Waals surface area contributed by atoms with Crippen LogP contribution in [-0.4, -0.2) is 10.2 Å². The van der Waals surface area contributed by atoms with Gasteiger partial charge in [0.25, 0.3) is 5.56 Å².